The second kappa shape index (κ2) is 5.37. The van der Waals surface area contributed by atoms with Gasteiger partial charge in [0.05, 0.1) is 29.0 Å². The van der Waals surface area contributed by atoms with Crippen LogP contribution >= 0.6 is 0 Å². The largest absolute Gasteiger partial charge is 0.458 e. The highest BCUT2D eigenvalue weighted by molar-refractivity contribution is 6.38. The van der Waals surface area contributed by atoms with Gasteiger partial charge in [-0.3, -0.25) is 4.79 Å². The summed E-state index contributed by atoms with van der Waals surface area (Å²) in [6.45, 7) is 2.03. The van der Waals surface area contributed by atoms with Crippen molar-refractivity contribution in [3.05, 3.63) is 57.4 Å². The van der Waals surface area contributed by atoms with Gasteiger partial charge in [0.2, 0.25) is 0 Å². The average molecular weight is 378 g/mol. The van der Waals surface area contributed by atoms with Crippen LogP contribution in [0.15, 0.2) is 35.1 Å². The lowest BCUT2D eigenvalue weighted by Gasteiger charge is -2.31. The number of hydrogen-bond acceptors (Lipinski definition) is 5. The molecule has 1 aromatic carbocycles. The molecular weight excluding hydrogens is 360 g/mol. The number of cyclic esters (lactones) is 1. The van der Waals surface area contributed by atoms with Crippen molar-refractivity contribution < 1.29 is 14.6 Å². The Morgan fingerprint density at radius 2 is 2.15 bits per heavy atom. The van der Waals surface area contributed by atoms with Crippen LogP contribution in [0.25, 0.3) is 22.3 Å². The maximum absolute atomic E-state index is 13.1. The predicted molar refractivity (Wildman–Crippen MR) is 104 cm³/mol. The second-order valence-corrected chi connectivity index (χ2v) is 8.32. The molecule has 1 atom stereocenters. The molecule has 1 N–H and O–H groups in total. The first-order valence-electron chi connectivity index (χ1n) is 9.00. The van der Waals surface area contributed by atoms with Crippen LogP contribution in [-0.2, 0) is 28.3 Å². The number of carbonyl (C=O) groups excluding carboxylic acids is 1. The van der Waals surface area contributed by atoms with Crippen LogP contribution in [0.3, 0.4) is 0 Å². The molecule has 0 aliphatic carbocycles. The van der Waals surface area contributed by atoms with Crippen molar-refractivity contribution in [2.45, 2.75) is 32.1 Å². The molecule has 0 bridgehead atoms. The van der Waals surface area contributed by atoms with E-state index in [0.717, 1.165) is 32.4 Å². The summed E-state index contributed by atoms with van der Waals surface area (Å²) in [5, 5.41) is 13.1. The van der Waals surface area contributed by atoms with Gasteiger partial charge in [-0.1, -0.05) is 25.1 Å². The standard InChI is InChI=1S/C20H18N2O4Si/c1-2-20(25)13-7-14-16-11(6-10-4-3-5-15(27)17(10)21-16)8-22(14)18(23)12(13)9-26-19(20)24/h3-7,25H,2,8-9H2,1,27H3/t20-/m0/s1. The van der Waals surface area contributed by atoms with Gasteiger partial charge in [-0.2, -0.15) is 0 Å². The zero-order valence-electron chi connectivity index (χ0n) is 15.1. The van der Waals surface area contributed by atoms with Gasteiger partial charge in [-0.15, -0.1) is 0 Å². The van der Waals surface area contributed by atoms with Gasteiger partial charge >= 0.3 is 5.97 Å². The highest BCUT2D eigenvalue weighted by atomic mass is 28.1. The minimum absolute atomic E-state index is 0.105. The van der Waals surface area contributed by atoms with E-state index < -0.39 is 11.6 Å². The molecule has 0 amide bonds. The molecule has 136 valence electrons. The number of nitrogens with zero attached hydrogens (tertiary/aromatic N) is 2. The number of hydrogen-bond donors (Lipinski definition) is 1. The number of para-hydroxylation sites is 1. The summed E-state index contributed by atoms with van der Waals surface area (Å²) in [7, 11) is 0.875. The number of esters is 1. The summed E-state index contributed by atoms with van der Waals surface area (Å²) in [5.74, 6) is -0.701. The maximum Gasteiger partial charge on any atom is 0.343 e. The van der Waals surface area contributed by atoms with E-state index in [-0.39, 0.29) is 18.6 Å². The zero-order chi connectivity index (χ0) is 18.9. The first-order chi connectivity index (χ1) is 12.9. The predicted octanol–water partition coefficient (Wildman–Crippen LogP) is 0.0703. The minimum Gasteiger partial charge on any atom is -0.458 e. The van der Waals surface area contributed by atoms with Gasteiger partial charge in [-0.25, -0.2) is 9.78 Å². The van der Waals surface area contributed by atoms with Gasteiger partial charge in [0.1, 0.15) is 6.61 Å². The Balaban J connectivity index is 1.82. The first kappa shape index (κ1) is 16.4. The SMILES string of the molecule is CC[C@@]1(O)C(=O)OCc2c1cc1n(c2=O)Cc2cc3cccc([SiH3])c3nc2-1. The summed E-state index contributed by atoms with van der Waals surface area (Å²) >= 11 is 0. The molecule has 0 radical (unpaired) electrons. The number of benzene rings is 1. The summed E-state index contributed by atoms with van der Waals surface area (Å²) in [6, 6.07) is 9.95. The minimum atomic E-state index is -1.79. The van der Waals surface area contributed by atoms with E-state index in [2.05, 4.69) is 12.1 Å². The van der Waals surface area contributed by atoms with Crippen molar-refractivity contribution in [1.29, 1.82) is 0 Å². The van der Waals surface area contributed by atoms with E-state index in [1.807, 2.05) is 12.1 Å². The Bertz CT molecular complexity index is 1220. The monoisotopic (exact) mass is 378 g/mol. The van der Waals surface area contributed by atoms with Crippen LogP contribution < -0.4 is 10.7 Å². The molecule has 0 saturated heterocycles. The lowest BCUT2D eigenvalue weighted by atomic mass is 9.86. The fraction of sp³-hybridized carbons (Fsp3) is 0.250. The van der Waals surface area contributed by atoms with Crippen LogP contribution in [-0.4, -0.2) is 30.9 Å². The highest BCUT2D eigenvalue weighted by Gasteiger charge is 2.45. The van der Waals surface area contributed by atoms with E-state index in [1.165, 1.54) is 5.19 Å². The van der Waals surface area contributed by atoms with Gasteiger partial charge in [0.15, 0.2) is 5.60 Å². The zero-order valence-corrected chi connectivity index (χ0v) is 17.1. The molecule has 7 heteroatoms. The molecule has 6 nitrogen and oxygen atoms in total. The van der Waals surface area contributed by atoms with Crippen LogP contribution in [0, 0.1) is 0 Å². The summed E-state index contributed by atoms with van der Waals surface area (Å²) < 4.78 is 6.76. The highest BCUT2D eigenvalue weighted by Crippen LogP contribution is 2.38. The molecule has 2 aliphatic rings. The number of pyridine rings is 2. The van der Waals surface area contributed by atoms with E-state index >= 15 is 0 Å². The van der Waals surface area contributed by atoms with Crippen LogP contribution in [0.2, 0.25) is 0 Å². The molecule has 0 unspecified atom stereocenters. The van der Waals surface area contributed by atoms with E-state index in [0.29, 0.717) is 23.4 Å². The lowest BCUT2D eigenvalue weighted by Crippen LogP contribution is -2.44. The molecule has 5 rings (SSSR count). The summed E-state index contributed by atoms with van der Waals surface area (Å²) in [6.07, 6.45) is 0.143. The van der Waals surface area contributed by atoms with Crippen LogP contribution in [0.1, 0.15) is 30.0 Å². The van der Waals surface area contributed by atoms with Crippen molar-refractivity contribution in [3.63, 3.8) is 0 Å². The molecular formula is C20H18N2O4Si. The normalized spacial score (nSPS) is 20.3. The quantitative estimate of drug-likeness (QED) is 0.375. The maximum atomic E-state index is 13.1. The summed E-state index contributed by atoms with van der Waals surface area (Å²) in [5.41, 5.74) is 2.02. The number of aliphatic hydroxyl groups is 1. The lowest BCUT2D eigenvalue weighted by molar-refractivity contribution is -0.172. The Morgan fingerprint density at radius 3 is 2.93 bits per heavy atom. The van der Waals surface area contributed by atoms with Gasteiger partial charge < -0.3 is 14.4 Å². The fourth-order valence-corrected chi connectivity index (χ4v) is 4.75. The number of aromatic nitrogens is 2. The van der Waals surface area contributed by atoms with Crippen molar-refractivity contribution in [2.24, 2.45) is 0 Å². The molecule has 4 heterocycles. The second-order valence-electron chi connectivity index (χ2n) is 7.25. The number of carbonyl (C=O) groups is 1. The third-order valence-corrected chi connectivity index (χ3v) is 6.55. The number of rotatable bonds is 1. The van der Waals surface area contributed by atoms with Crippen LogP contribution in [0.5, 0.6) is 0 Å². The Labute approximate surface area is 157 Å². The molecule has 2 aromatic heterocycles. The van der Waals surface area contributed by atoms with Crippen molar-refractivity contribution in [1.82, 2.24) is 9.55 Å². The van der Waals surface area contributed by atoms with Crippen LogP contribution in [0.4, 0.5) is 0 Å². The van der Waals surface area contributed by atoms with Gasteiger partial charge in [-0.05, 0) is 23.7 Å². The fourth-order valence-electron chi connectivity index (χ4n) is 4.16. The van der Waals surface area contributed by atoms with E-state index in [4.69, 9.17) is 9.72 Å². The topological polar surface area (TPSA) is 81.4 Å². The Morgan fingerprint density at radius 1 is 1.33 bits per heavy atom. The average Bonchev–Trinajstić information content (AvgIpc) is 3.02. The third-order valence-electron chi connectivity index (χ3n) is 5.74. The molecule has 0 fully saturated rings. The Hall–Kier alpha value is -2.77. The summed E-state index contributed by atoms with van der Waals surface area (Å²) in [4.78, 5) is 30.1. The molecule has 0 saturated carbocycles. The molecule has 0 spiro atoms. The smallest absolute Gasteiger partial charge is 0.343 e. The van der Waals surface area contributed by atoms with Crippen molar-refractivity contribution in [2.75, 3.05) is 0 Å². The van der Waals surface area contributed by atoms with Gasteiger partial charge in [0.25, 0.3) is 5.56 Å². The number of fused-ring (bicyclic) bond motifs is 5. The molecule has 3 aromatic rings. The molecule has 27 heavy (non-hydrogen) atoms. The van der Waals surface area contributed by atoms with Crippen molar-refractivity contribution in [3.8, 4) is 11.4 Å². The number of ether oxygens (including phenoxy) is 1. The van der Waals surface area contributed by atoms with Crippen molar-refractivity contribution >= 4 is 32.3 Å². The van der Waals surface area contributed by atoms with E-state index in [1.54, 1.807) is 17.6 Å². The molecule has 2 aliphatic heterocycles. The van der Waals surface area contributed by atoms with E-state index in [9.17, 15) is 14.7 Å². The Kier molecular flexibility index (Phi) is 3.26. The first-order valence-corrected chi connectivity index (χ1v) is 10.0. The van der Waals surface area contributed by atoms with Gasteiger partial charge in [0, 0.05) is 26.8 Å². The third kappa shape index (κ3) is 2.06.